The van der Waals surface area contributed by atoms with Crippen LogP contribution < -0.4 is 0 Å². The summed E-state index contributed by atoms with van der Waals surface area (Å²) in [7, 11) is 0. The van der Waals surface area contributed by atoms with Crippen molar-refractivity contribution < 1.29 is 0 Å². The third-order valence-corrected chi connectivity index (χ3v) is 6.77. The molecule has 0 radical (unpaired) electrons. The van der Waals surface area contributed by atoms with E-state index in [2.05, 4.69) is 69.3 Å². The summed E-state index contributed by atoms with van der Waals surface area (Å²) < 4.78 is 0. The maximum Gasteiger partial charge on any atom is -0.00151 e. The van der Waals surface area contributed by atoms with Crippen molar-refractivity contribution in [2.45, 2.75) is 51.4 Å². The van der Waals surface area contributed by atoms with Gasteiger partial charge in [0.15, 0.2) is 0 Å². The van der Waals surface area contributed by atoms with Crippen molar-refractivity contribution in [1.29, 1.82) is 0 Å². The van der Waals surface area contributed by atoms with Crippen LogP contribution in [0, 0.1) is 18.8 Å². The molecular formula is C22H26. The minimum absolute atomic E-state index is 0.385. The van der Waals surface area contributed by atoms with Crippen LogP contribution in [0.4, 0.5) is 0 Å². The second kappa shape index (κ2) is 4.98. The largest absolute Gasteiger partial charge is 0.0620 e. The van der Waals surface area contributed by atoms with E-state index < -0.39 is 0 Å². The van der Waals surface area contributed by atoms with E-state index in [0.717, 1.165) is 17.8 Å². The molecule has 4 rings (SSSR count). The molecule has 0 saturated heterocycles. The Bertz CT molecular complexity index is 699. The smallest absolute Gasteiger partial charge is 0.00151 e. The van der Waals surface area contributed by atoms with Gasteiger partial charge in [0.1, 0.15) is 0 Å². The Labute approximate surface area is 134 Å². The Morgan fingerprint density at radius 3 is 2.50 bits per heavy atom. The normalized spacial score (nSPS) is 33.3. The number of rotatable bonds is 1. The average molecular weight is 290 g/mol. The fourth-order valence-electron chi connectivity index (χ4n) is 5.33. The van der Waals surface area contributed by atoms with E-state index in [4.69, 9.17) is 0 Å². The van der Waals surface area contributed by atoms with Crippen molar-refractivity contribution in [2.75, 3.05) is 0 Å². The molecule has 1 unspecified atom stereocenters. The van der Waals surface area contributed by atoms with Crippen LogP contribution in [-0.4, -0.2) is 0 Å². The summed E-state index contributed by atoms with van der Waals surface area (Å²) in [4.78, 5) is 0. The zero-order chi connectivity index (χ0) is 15.3. The van der Waals surface area contributed by atoms with E-state index in [0.29, 0.717) is 5.41 Å². The number of benzene rings is 2. The zero-order valence-electron chi connectivity index (χ0n) is 14.0. The first-order valence-corrected chi connectivity index (χ1v) is 8.74. The highest BCUT2D eigenvalue weighted by atomic mass is 14.5. The summed E-state index contributed by atoms with van der Waals surface area (Å²) in [5, 5.41) is 0. The van der Waals surface area contributed by atoms with Crippen molar-refractivity contribution in [3.05, 3.63) is 70.8 Å². The van der Waals surface area contributed by atoms with Gasteiger partial charge in [-0.1, -0.05) is 62.4 Å². The summed E-state index contributed by atoms with van der Waals surface area (Å²) in [6.07, 6.45) is 3.95. The summed E-state index contributed by atoms with van der Waals surface area (Å²) in [5.41, 5.74) is 6.68. The molecule has 2 aliphatic rings. The van der Waals surface area contributed by atoms with Crippen LogP contribution in [0.2, 0.25) is 0 Å². The van der Waals surface area contributed by atoms with E-state index in [1.165, 1.54) is 24.8 Å². The quantitative estimate of drug-likeness (QED) is 0.637. The summed E-state index contributed by atoms with van der Waals surface area (Å²) in [6, 6.07) is 18.2. The molecule has 0 heteroatoms. The van der Waals surface area contributed by atoms with Gasteiger partial charge in [0.25, 0.3) is 0 Å². The van der Waals surface area contributed by atoms with Crippen LogP contribution in [0.25, 0.3) is 0 Å². The maximum atomic E-state index is 2.53. The highest BCUT2D eigenvalue weighted by Gasteiger charge is 2.50. The van der Waals surface area contributed by atoms with Crippen molar-refractivity contribution in [2.24, 2.45) is 11.8 Å². The monoisotopic (exact) mass is 290 g/mol. The lowest BCUT2D eigenvalue weighted by molar-refractivity contribution is 0.133. The first-order valence-electron chi connectivity index (χ1n) is 8.74. The van der Waals surface area contributed by atoms with Gasteiger partial charge in [0, 0.05) is 0 Å². The van der Waals surface area contributed by atoms with Crippen LogP contribution in [0.15, 0.2) is 48.5 Å². The predicted octanol–water partition coefficient (Wildman–Crippen LogP) is 5.64. The Morgan fingerprint density at radius 2 is 1.68 bits per heavy atom. The van der Waals surface area contributed by atoms with Gasteiger partial charge in [0.2, 0.25) is 0 Å². The second-order valence-electron chi connectivity index (χ2n) is 7.77. The van der Waals surface area contributed by atoms with Crippen LogP contribution in [-0.2, 0) is 11.8 Å². The standard InChI is InChI=1S/C22H26/c1-15-8-4-6-10-20(15)18-12-16(2)22(3)19(14-18)13-17-9-5-7-11-21(17)22/h4-11,16,18-19H,12-14H2,1-3H3/t16-,18?,19+,22-/m0/s1. The number of hydrogen-bond acceptors (Lipinski definition) is 0. The topological polar surface area (TPSA) is 0 Å². The van der Waals surface area contributed by atoms with E-state index in [1.54, 1.807) is 16.7 Å². The molecule has 4 atom stereocenters. The van der Waals surface area contributed by atoms with Crippen LogP contribution in [0.3, 0.4) is 0 Å². The maximum absolute atomic E-state index is 2.53. The van der Waals surface area contributed by atoms with Gasteiger partial charge < -0.3 is 0 Å². The lowest BCUT2D eigenvalue weighted by Crippen LogP contribution is -2.41. The van der Waals surface area contributed by atoms with Crippen molar-refractivity contribution in [3.8, 4) is 0 Å². The first kappa shape index (κ1) is 14.1. The van der Waals surface area contributed by atoms with Crippen molar-refractivity contribution in [1.82, 2.24) is 0 Å². The predicted molar refractivity (Wildman–Crippen MR) is 93.3 cm³/mol. The molecule has 0 heterocycles. The molecule has 114 valence electrons. The fourth-order valence-corrected chi connectivity index (χ4v) is 5.33. The molecule has 1 fully saturated rings. The summed E-state index contributed by atoms with van der Waals surface area (Å²) in [5.74, 6) is 2.29. The Kier molecular flexibility index (Phi) is 3.18. The molecule has 1 saturated carbocycles. The molecule has 0 aliphatic heterocycles. The third kappa shape index (κ3) is 1.89. The highest BCUT2D eigenvalue weighted by molar-refractivity contribution is 5.43. The summed E-state index contributed by atoms with van der Waals surface area (Å²) in [6.45, 7) is 7.29. The lowest BCUT2D eigenvalue weighted by Gasteiger charge is -2.46. The zero-order valence-corrected chi connectivity index (χ0v) is 14.0. The molecule has 22 heavy (non-hydrogen) atoms. The molecule has 0 aromatic heterocycles. The fraction of sp³-hybridized carbons (Fsp3) is 0.455. The van der Waals surface area contributed by atoms with Crippen LogP contribution in [0.5, 0.6) is 0 Å². The molecular weight excluding hydrogens is 264 g/mol. The Hall–Kier alpha value is -1.56. The van der Waals surface area contributed by atoms with Crippen LogP contribution in [0.1, 0.15) is 54.9 Å². The molecule has 0 N–H and O–H groups in total. The second-order valence-corrected chi connectivity index (χ2v) is 7.77. The van der Waals surface area contributed by atoms with E-state index >= 15 is 0 Å². The Balaban J connectivity index is 1.71. The first-order chi connectivity index (χ1) is 10.6. The molecule has 2 aliphatic carbocycles. The SMILES string of the molecule is Cc1ccccc1C1C[C@H]2Cc3ccccc3[C@@]2(C)[C@@H](C)C1. The highest BCUT2D eigenvalue weighted by Crippen LogP contribution is 2.57. The van der Waals surface area contributed by atoms with Gasteiger partial charge in [0.05, 0.1) is 0 Å². The van der Waals surface area contributed by atoms with E-state index in [-0.39, 0.29) is 0 Å². The average Bonchev–Trinajstić information content (AvgIpc) is 2.82. The van der Waals surface area contributed by atoms with Gasteiger partial charge >= 0.3 is 0 Å². The minimum atomic E-state index is 0.385. The Morgan fingerprint density at radius 1 is 0.955 bits per heavy atom. The number of aryl methyl sites for hydroxylation is 1. The minimum Gasteiger partial charge on any atom is -0.0620 e. The van der Waals surface area contributed by atoms with Gasteiger partial charge in [-0.25, -0.2) is 0 Å². The van der Waals surface area contributed by atoms with Gasteiger partial charge in [-0.3, -0.25) is 0 Å². The number of fused-ring (bicyclic) bond motifs is 3. The lowest BCUT2D eigenvalue weighted by atomic mass is 9.58. The van der Waals surface area contributed by atoms with E-state index in [9.17, 15) is 0 Å². The number of hydrogen-bond donors (Lipinski definition) is 0. The third-order valence-electron chi connectivity index (χ3n) is 6.77. The molecule has 0 spiro atoms. The molecule has 2 aromatic rings. The molecule has 0 bridgehead atoms. The van der Waals surface area contributed by atoms with Crippen LogP contribution >= 0.6 is 0 Å². The van der Waals surface area contributed by atoms with Gasteiger partial charge in [-0.2, -0.15) is 0 Å². The molecule has 0 nitrogen and oxygen atoms in total. The van der Waals surface area contributed by atoms with Gasteiger partial charge in [-0.05, 0) is 71.6 Å². The van der Waals surface area contributed by atoms with Crippen molar-refractivity contribution >= 4 is 0 Å². The van der Waals surface area contributed by atoms with Crippen molar-refractivity contribution in [3.63, 3.8) is 0 Å². The van der Waals surface area contributed by atoms with E-state index in [1.807, 2.05) is 0 Å². The molecule has 0 amide bonds. The summed E-state index contributed by atoms with van der Waals surface area (Å²) >= 11 is 0. The molecule has 2 aromatic carbocycles. The van der Waals surface area contributed by atoms with Gasteiger partial charge in [-0.15, -0.1) is 0 Å².